The molecule has 1 aromatic carbocycles. The van der Waals surface area contributed by atoms with E-state index >= 15 is 0 Å². The summed E-state index contributed by atoms with van der Waals surface area (Å²) in [5, 5.41) is 24.3. The van der Waals surface area contributed by atoms with E-state index in [2.05, 4.69) is 51.0 Å². The van der Waals surface area contributed by atoms with Crippen molar-refractivity contribution < 1.29 is 24.5 Å². The fourth-order valence-electron chi connectivity index (χ4n) is 12.0. The number of hydrogen-bond donors (Lipinski definition) is 2. The van der Waals surface area contributed by atoms with E-state index in [1.807, 2.05) is 27.7 Å². The lowest BCUT2D eigenvalue weighted by Crippen LogP contribution is -2.63. The van der Waals surface area contributed by atoms with Crippen molar-refractivity contribution in [1.29, 1.82) is 0 Å². The van der Waals surface area contributed by atoms with E-state index in [0.717, 1.165) is 65.1 Å². The number of benzene rings is 1. The molecule has 0 spiro atoms. The minimum atomic E-state index is -0.846. The first-order valence-corrected chi connectivity index (χ1v) is 16.6. The van der Waals surface area contributed by atoms with Gasteiger partial charge < -0.3 is 24.3 Å². The number of carbonyl (C=O) groups excluding carboxylic acids is 2. The van der Waals surface area contributed by atoms with Gasteiger partial charge in [-0.15, -0.1) is 0 Å². The van der Waals surface area contributed by atoms with Crippen LogP contribution >= 0.6 is 0 Å². The van der Waals surface area contributed by atoms with Gasteiger partial charge in [0.05, 0.1) is 39.9 Å². The Balaban J connectivity index is 1.44. The number of aliphatic hydroxyl groups excluding tert-OH is 2. The molecule has 9 atom stereocenters. The van der Waals surface area contributed by atoms with E-state index in [1.165, 1.54) is 11.3 Å². The van der Waals surface area contributed by atoms with E-state index < -0.39 is 34.9 Å². The monoisotopic (exact) mass is 597 g/mol. The second kappa shape index (κ2) is 8.24. The standard InChI is InChI=1S/C38H47NO5/c1-18(2)29-32(43)27-26-20(23-16-34(3,4)44-35(5,6)28(23)31(26)42)15-21-22-14-19-10-11-24-36(7,17-40)25(41)12-13-37(24,8)38(19,9)33(22)39(29)30(21)27/h15-17,19,24-25,28-29,31,41-42H,1,10-14H2,2-9H3/t19-,24-,25-,28+,29-,31+,36-,37-,38+/m0/s1. The number of ketones is 1. The molecule has 2 aliphatic heterocycles. The maximum Gasteiger partial charge on any atom is 0.192 e. The molecule has 6 aliphatic rings. The Hall–Kier alpha value is -2.54. The number of rotatable bonds is 2. The molecule has 2 N–H and O–H groups in total. The number of aldehydes is 1. The Labute approximate surface area is 260 Å². The zero-order valence-corrected chi connectivity index (χ0v) is 27.5. The molecule has 0 saturated heterocycles. The normalized spacial score (nSPS) is 42.3. The molecule has 0 radical (unpaired) electrons. The van der Waals surface area contributed by atoms with Crippen molar-refractivity contribution in [2.24, 2.45) is 28.6 Å². The maximum atomic E-state index is 14.7. The van der Waals surface area contributed by atoms with Gasteiger partial charge in [0.15, 0.2) is 5.78 Å². The Morgan fingerprint density at radius 3 is 2.45 bits per heavy atom. The number of hydrogen-bond acceptors (Lipinski definition) is 5. The van der Waals surface area contributed by atoms with Gasteiger partial charge in [0.1, 0.15) is 12.3 Å². The molecule has 2 saturated carbocycles. The van der Waals surface area contributed by atoms with Crippen LogP contribution in [-0.2, 0) is 21.4 Å². The molecule has 44 heavy (non-hydrogen) atoms. The molecule has 6 nitrogen and oxygen atoms in total. The molecule has 6 heteroatoms. The van der Waals surface area contributed by atoms with E-state index in [4.69, 9.17) is 4.74 Å². The van der Waals surface area contributed by atoms with E-state index in [-0.39, 0.29) is 28.4 Å². The summed E-state index contributed by atoms with van der Waals surface area (Å²) >= 11 is 0. The molecule has 0 amide bonds. The molecule has 0 unspecified atom stereocenters. The highest BCUT2D eigenvalue weighted by molar-refractivity contribution is 6.18. The number of ether oxygens (including phenoxy) is 1. The van der Waals surface area contributed by atoms with Crippen molar-refractivity contribution >= 4 is 28.5 Å². The van der Waals surface area contributed by atoms with Gasteiger partial charge >= 0.3 is 0 Å². The van der Waals surface area contributed by atoms with Crippen LogP contribution in [0.2, 0.25) is 0 Å². The third kappa shape index (κ3) is 3.00. The number of carbonyl (C=O) groups is 2. The summed E-state index contributed by atoms with van der Waals surface area (Å²) in [6.45, 7) is 21.2. The van der Waals surface area contributed by atoms with Crippen LogP contribution in [-0.4, -0.2) is 44.2 Å². The predicted molar refractivity (Wildman–Crippen MR) is 171 cm³/mol. The van der Waals surface area contributed by atoms with Gasteiger partial charge in [0.2, 0.25) is 0 Å². The van der Waals surface area contributed by atoms with Crippen LogP contribution in [0.3, 0.4) is 0 Å². The van der Waals surface area contributed by atoms with Gasteiger partial charge in [-0.25, -0.2) is 0 Å². The lowest BCUT2D eigenvalue weighted by molar-refractivity contribution is -0.168. The molecule has 2 fully saturated rings. The first-order valence-electron chi connectivity index (χ1n) is 16.6. The van der Waals surface area contributed by atoms with Gasteiger partial charge in [-0.1, -0.05) is 32.9 Å². The smallest absolute Gasteiger partial charge is 0.192 e. The van der Waals surface area contributed by atoms with Crippen molar-refractivity contribution in [3.8, 4) is 0 Å². The molecule has 4 aliphatic carbocycles. The van der Waals surface area contributed by atoms with Crippen LogP contribution < -0.4 is 0 Å². The fourth-order valence-corrected chi connectivity index (χ4v) is 12.0. The topological polar surface area (TPSA) is 88.8 Å². The predicted octanol–water partition coefficient (Wildman–Crippen LogP) is 6.80. The van der Waals surface area contributed by atoms with Crippen LogP contribution in [0.4, 0.5) is 0 Å². The largest absolute Gasteiger partial charge is 0.392 e. The minimum absolute atomic E-state index is 0.0230. The number of nitrogens with zero attached hydrogens (tertiary/aromatic N) is 1. The van der Waals surface area contributed by atoms with Gasteiger partial charge in [-0.3, -0.25) is 4.79 Å². The zero-order chi connectivity index (χ0) is 31.7. The van der Waals surface area contributed by atoms with Crippen molar-refractivity contribution in [2.45, 2.75) is 122 Å². The number of fused-ring (bicyclic) bond motifs is 11. The third-order valence-electron chi connectivity index (χ3n) is 13.9. The van der Waals surface area contributed by atoms with Crippen LogP contribution in [0.25, 0.3) is 16.5 Å². The zero-order valence-electron chi connectivity index (χ0n) is 27.5. The average molecular weight is 598 g/mol. The lowest BCUT2D eigenvalue weighted by Gasteiger charge is -2.63. The van der Waals surface area contributed by atoms with Crippen molar-refractivity contribution in [3.63, 3.8) is 0 Å². The summed E-state index contributed by atoms with van der Waals surface area (Å²) in [4.78, 5) is 27.4. The first-order chi connectivity index (χ1) is 20.4. The summed E-state index contributed by atoms with van der Waals surface area (Å²) in [5.74, 6) is 0.180. The third-order valence-corrected chi connectivity index (χ3v) is 13.9. The summed E-state index contributed by atoms with van der Waals surface area (Å²) in [5.41, 5.74) is 5.32. The van der Waals surface area contributed by atoms with Crippen LogP contribution in [0.5, 0.6) is 0 Å². The van der Waals surface area contributed by atoms with Gasteiger partial charge in [0, 0.05) is 28.0 Å². The van der Waals surface area contributed by atoms with Gasteiger partial charge in [0.25, 0.3) is 0 Å². The second-order valence-electron chi connectivity index (χ2n) is 16.9. The summed E-state index contributed by atoms with van der Waals surface area (Å²) in [6, 6.07) is 1.75. The lowest BCUT2D eigenvalue weighted by atomic mass is 9.41. The molecule has 1 aromatic heterocycles. The molecule has 2 aromatic rings. The molecular weight excluding hydrogens is 550 g/mol. The van der Waals surface area contributed by atoms with Crippen LogP contribution in [0.1, 0.15) is 126 Å². The van der Waals surface area contributed by atoms with Crippen LogP contribution in [0.15, 0.2) is 24.3 Å². The first kappa shape index (κ1) is 28.9. The average Bonchev–Trinajstić information content (AvgIpc) is 3.59. The Bertz CT molecular complexity index is 1760. The van der Waals surface area contributed by atoms with E-state index in [9.17, 15) is 19.8 Å². The molecule has 0 bridgehead atoms. The highest BCUT2D eigenvalue weighted by Crippen LogP contribution is 2.71. The van der Waals surface area contributed by atoms with Crippen LogP contribution in [0, 0.1) is 28.6 Å². The van der Waals surface area contributed by atoms with Gasteiger partial charge in [-0.05, 0) is 113 Å². The summed E-state index contributed by atoms with van der Waals surface area (Å²) in [6.07, 6.45) is 5.95. The fraction of sp³-hybridized carbons (Fsp3) is 0.632. The number of Topliss-reactive ketones (excluding diaryl/α,β-unsaturated/α-hetero) is 1. The molecular formula is C38H47NO5. The summed E-state index contributed by atoms with van der Waals surface area (Å²) in [7, 11) is 0. The number of allylic oxidation sites excluding steroid dienone is 1. The quantitative estimate of drug-likeness (QED) is 0.294. The Morgan fingerprint density at radius 1 is 1.09 bits per heavy atom. The highest BCUT2D eigenvalue weighted by Gasteiger charge is 2.68. The second-order valence-corrected chi connectivity index (χ2v) is 16.9. The van der Waals surface area contributed by atoms with Crippen molar-refractivity contribution in [3.05, 3.63) is 52.2 Å². The maximum absolute atomic E-state index is 14.7. The minimum Gasteiger partial charge on any atom is -0.392 e. The Morgan fingerprint density at radius 2 is 1.80 bits per heavy atom. The number of aliphatic hydroxyl groups is 2. The van der Waals surface area contributed by atoms with Crippen molar-refractivity contribution in [2.75, 3.05) is 0 Å². The molecule has 234 valence electrons. The SMILES string of the molecule is C=C(C)[C@H]1C(=O)c2c3c(cc4c5c(n1c24)[C@@]1(C)[C@@H](CC[C@H]2[C@](C)(C=O)[C@@H](O)CC[C@@]21C)C5)C1=CC(C)(C)OC(C)(C)[C@H]1[C@@H]3O. The number of aromatic nitrogens is 1. The summed E-state index contributed by atoms with van der Waals surface area (Å²) < 4.78 is 8.81. The molecule has 3 heterocycles. The highest BCUT2D eigenvalue weighted by atomic mass is 16.5. The van der Waals surface area contributed by atoms with Gasteiger partial charge in [-0.2, -0.15) is 0 Å². The van der Waals surface area contributed by atoms with E-state index in [1.54, 1.807) is 0 Å². The Kier molecular flexibility index (Phi) is 5.41. The molecule has 8 rings (SSSR count). The van der Waals surface area contributed by atoms with E-state index in [0.29, 0.717) is 17.9 Å². The van der Waals surface area contributed by atoms with Crippen molar-refractivity contribution in [1.82, 2.24) is 4.57 Å².